The molecule has 4 atom stereocenters. The number of rotatable bonds is 6. The number of hydrogen-bond donors (Lipinski definition) is 2. The maximum Gasteiger partial charge on any atom is 0.264 e. The number of nitrogens with zero attached hydrogens (tertiary/aromatic N) is 2. The number of fused-ring (bicyclic) bond motifs is 2. The van der Waals surface area contributed by atoms with Crippen LogP contribution in [0.15, 0.2) is 48.5 Å². The fourth-order valence-corrected chi connectivity index (χ4v) is 9.58. The van der Waals surface area contributed by atoms with Gasteiger partial charge in [-0.3, -0.25) is 9.59 Å². The third-order valence-electron chi connectivity index (χ3n) is 8.72. The molecule has 8 heteroatoms. The van der Waals surface area contributed by atoms with Crippen molar-refractivity contribution in [2.75, 3.05) is 23.0 Å². The van der Waals surface area contributed by atoms with Gasteiger partial charge in [0.2, 0.25) is 5.91 Å². The number of carbonyl (C=O) groups excluding carboxylic acids is 2. The Morgan fingerprint density at radius 3 is 2.45 bits per heavy atom. The average molecular weight is 537 g/mol. The number of anilines is 2. The summed E-state index contributed by atoms with van der Waals surface area (Å²) in [6.45, 7) is 6.87. The van der Waals surface area contributed by atoms with Crippen molar-refractivity contribution < 1.29 is 24.2 Å². The van der Waals surface area contributed by atoms with Crippen molar-refractivity contribution >= 4 is 31.5 Å². The standard InChI is InChI=1S/C30H40N2O5Si/c1-21-28(38(2,3)36)26(17-19-33)37-30(21)24-10-7-8-11-25(24)32(29(30)35)20-22-13-15-23(16-14-22)31-18-9-5-4-6-12-27(31)34/h7-8,10-11,13-16,21,26,28,33,36H,4-6,9,12,17-20H2,1-3H3/t21-,26+,28-,30+/m1/s1. The Bertz CT molecular complexity index is 1180. The van der Waals surface area contributed by atoms with Crippen molar-refractivity contribution in [3.63, 3.8) is 0 Å². The molecule has 0 saturated carbocycles. The molecular formula is C30H40N2O5Si. The summed E-state index contributed by atoms with van der Waals surface area (Å²) in [6, 6.07) is 15.8. The van der Waals surface area contributed by atoms with Crippen LogP contribution in [-0.4, -0.2) is 49.3 Å². The lowest BCUT2D eigenvalue weighted by atomic mass is 9.82. The molecule has 3 heterocycles. The van der Waals surface area contributed by atoms with Gasteiger partial charge in [0.05, 0.1) is 18.3 Å². The molecule has 0 aromatic heterocycles. The van der Waals surface area contributed by atoms with Gasteiger partial charge in [-0.15, -0.1) is 0 Å². The third kappa shape index (κ3) is 4.61. The normalized spacial score (nSPS) is 28.1. The minimum Gasteiger partial charge on any atom is -0.432 e. The molecule has 0 bridgehead atoms. The maximum atomic E-state index is 14.3. The van der Waals surface area contributed by atoms with Gasteiger partial charge in [0, 0.05) is 42.3 Å². The Hall–Kier alpha value is -2.52. The maximum absolute atomic E-state index is 14.3. The third-order valence-corrected chi connectivity index (χ3v) is 11.2. The molecule has 2 N–H and O–H groups in total. The van der Waals surface area contributed by atoms with Crippen LogP contribution in [0.2, 0.25) is 18.6 Å². The summed E-state index contributed by atoms with van der Waals surface area (Å²) in [7, 11) is -2.70. The fourth-order valence-electron chi connectivity index (χ4n) is 6.98. The van der Waals surface area contributed by atoms with Crippen LogP contribution in [0.3, 0.4) is 0 Å². The van der Waals surface area contributed by atoms with Crippen LogP contribution in [0.4, 0.5) is 11.4 Å². The number of carbonyl (C=O) groups is 2. The Morgan fingerprint density at radius 1 is 1.03 bits per heavy atom. The second-order valence-corrected chi connectivity index (χ2v) is 15.6. The monoisotopic (exact) mass is 536 g/mol. The molecule has 2 saturated heterocycles. The molecule has 0 radical (unpaired) electrons. The van der Waals surface area contributed by atoms with Gasteiger partial charge in [-0.05, 0) is 56.1 Å². The van der Waals surface area contributed by atoms with Gasteiger partial charge < -0.3 is 24.4 Å². The molecule has 1 spiro atoms. The van der Waals surface area contributed by atoms with E-state index in [1.807, 2.05) is 73.4 Å². The molecule has 0 aliphatic carbocycles. The number of aliphatic hydroxyl groups is 1. The predicted octanol–water partition coefficient (Wildman–Crippen LogP) is 4.71. The number of ether oxygens (including phenoxy) is 1. The number of aliphatic hydroxyl groups excluding tert-OH is 1. The molecule has 3 aliphatic heterocycles. The van der Waals surface area contributed by atoms with E-state index < -0.39 is 13.9 Å². The summed E-state index contributed by atoms with van der Waals surface area (Å²) >= 11 is 0. The SMILES string of the molecule is C[C@@H]1[C@@H]([Si](C)(C)O)[C@H](CCO)O[C@@]12C(=O)N(Cc1ccc(N3CCCCCCC3=O)cc1)c1ccccc12. The lowest BCUT2D eigenvalue weighted by molar-refractivity contribution is -0.146. The van der Waals surface area contributed by atoms with E-state index in [9.17, 15) is 19.5 Å². The van der Waals surface area contributed by atoms with E-state index in [2.05, 4.69) is 0 Å². The van der Waals surface area contributed by atoms with Gasteiger partial charge in [-0.25, -0.2) is 0 Å². The second-order valence-electron chi connectivity index (χ2n) is 11.7. The number of benzene rings is 2. The highest BCUT2D eigenvalue weighted by Gasteiger charge is 2.65. The summed E-state index contributed by atoms with van der Waals surface area (Å²) in [5.41, 5.74) is 2.19. The molecule has 5 rings (SSSR count). The summed E-state index contributed by atoms with van der Waals surface area (Å²) in [5, 5.41) is 9.73. The van der Waals surface area contributed by atoms with E-state index in [1.165, 1.54) is 0 Å². The number of amides is 2. The lowest BCUT2D eigenvalue weighted by Gasteiger charge is -2.32. The summed E-state index contributed by atoms with van der Waals surface area (Å²) in [5.74, 6) is -0.166. The molecule has 2 aromatic rings. The van der Waals surface area contributed by atoms with E-state index in [1.54, 1.807) is 4.90 Å². The van der Waals surface area contributed by atoms with Crippen LogP contribution in [0, 0.1) is 5.92 Å². The van der Waals surface area contributed by atoms with E-state index in [0.29, 0.717) is 19.4 Å². The highest BCUT2D eigenvalue weighted by atomic mass is 28.4. The highest BCUT2D eigenvalue weighted by Crippen LogP contribution is 2.59. The van der Waals surface area contributed by atoms with Crippen LogP contribution in [0.25, 0.3) is 0 Å². The summed E-state index contributed by atoms with van der Waals surface area (Å²) in [4.78, 5) is 41.8. The van der Waals surface area contributed by atoms with Crippen LogP contribution < -0.4 is 9.80 Å². The molecule has 7 nitrogen and oxygen atoms in total. The molecule has 2 fully saturated rings. The van der Waals surface area contributed by atoms with Crippen LogP contribution in [0.5, 0.6) is 0 Å². The first-order valence-electron chi connectivity index (χ1n) is 14.0. The Kier molecular flexibility index (Phi) is 7.52. The van der Waals surface area contributed by atoms with E-state index in [4.69, 9.17) is 4.74 Å². The van der Waals surface area contributed by atoms with Gasteiger partial charge in [-0.1, -0.05) is 50.1 Å². The molecule has 38 heavy (non-hydrogen) atoms. The topological polar surface area (TPSA) is 90.3 Å². The van der Waals surface area contributed by atoms with Crippen LogP contribution in [0.1, 0.15) is 56.6 Å². The lowest BCUT2D eigenvalue weighted by Crippen LogP contribution is -2.46. The quantitative estimate of drug-likeness (QED) is 0.522. The highest BCUT2D eigenvalue weighted by molar-refractivity contribution is 6.71. The zero-order chi connectivity index (χ0) is 27.1. The van der Waals surface area contributed by atoms with E-state index in [-0.39, 0.29) is 36.0 Å². The number of para-hydroxylation sites is 1. The van der Waals surface area contributed by atoms with Gasteiger partial charge in [0.25, 0.3) is 5.91 Å². The zero-order valence-electron chi connectivity index (χ0n) is 22.7. The van der Waals surface area contributed by atoms with Crippen molar-refractivity contribution in [3.05, 3.63) is 59.7 Å². The van der Waals surface area contributed by atoms with Crippen molar-refractivity contribution in [1.82, 2.24) is 0 Å². The summed E-state index contributed by atoms with van der Waals surface area (Å²) < 4.78 is 6.62. The minimum atomic E-state index is -2.70. The molecule has 2 aromatic carbocycles. The molecule has 0 unspecified atom stereocenters. The first-order chi connectivity index (χ1) is 18.2. The average Bonchev–Trinajstić information content (AvgIpc) is 3.30. The van der Waals surface area contributed by atoms with Gasteiger partial charge >= 0.3 is 0 Å². The largest absolute Gasteiger partial charge is 0.432 e. The second kappa shape index (κ2) is 10.6. The Balaban J connectivity index is 1.44. The molecule has 3 aliphatic rings. The van der Waals surface area contributed by atoms with E-state index in [0.717, 1.165) is 54.7 Å². The molecule has 2 amide bonds. The van der Waals surface area contributed by atoms with Gasteiger partial charge in [0.1, 0.15) is 0 Å². The first kappa shape index (κ1) is 27.1. The van der Waals surface area contributed by atoms with Crippen molar-refractivity contribution in [2.45, 2.75) is 82.3 Å². The Morgan fingerprint density at radius 2 is 1.74 bits per heavy atom. The van der Waals surface area contributed by atoms with Gasteiger partial charge in [0.15, 0.2) is 13.9 Å². The van der Waals surface area contributed by atoms with Crippen molar-refractivity contribution in [1.29, 1.82) is 0 Å². The van der Waals surface area contributed by atoms with Crippen LogP contribution in [-0.2, 0) is 26.5 Å². The smallest absolute Gasteiger partial charge is 0.264 e. The van der Waals surface area contributed by atoms with Crippen molar-refractivity contribution in [3.8, 4) is 0 Å². The predicted molar refractivity (Wildman–Crippen MR) is 150 cm³/mol. The number of hydrogen-bond acceptors (Lipinski definition) is 5. The minimum absolute atomic E-state index is 0.0557. The first-order valence-corrected chi connectivity index (χ1v) is 17.0. The van der Waals surface area contributed by atoms with Crippen molar-refractivity contribution in [2.24, 2.45) is 5.92 Å². The zero-order valence-corrected chi connectivity index (χ0v) is 23.7. The molecule has 204 valence electrons. The molecular weight excluding hydrogens is 496 g/mol. The Labute approximate surface area is 226 Å². The van der Waals surface area contributed by atoms with Gasteiger partial charge in [-0.2, -0.15) is 0 Å². The van der Waals surface area contributed by atoms with Crippen LogP contribution >= 0.6 is 0 Å². The van der Waals surface area contributed by atoms with E-state index >= 15 is 0 Å². The summed E-state index contributed by atoms with van der Waals surface area (Å²) in [6.07, 6.45) is 4.82. The fraction of sp³-hybridized carbons (Fsp3) is 0.533.